The summed E-state index contributed by atoms with van der Waals surface area (Å²) >= 11 is 0. The molecule has 2 aromatic rings. The third-order valence-corrected chi connectivity index (χ3v) is 3.05. The number of anilines is 1. The Balaban J connectivity index is 2.80. The molecule has 0 radical (unpaired) electrons. The number of nitrogens with zero attached hydrogens (tertiary/aromatic N) is 2. The Kier molecular flexibility index (Phi) is 4.07. The number of hydrogen-bond donors (Lipinski definition) is 1. The van der Waals surface area contributed by atoms with Crippen molar-refractivity contribution in [2.45, 2.75) is 6.18 Å². The molecule has 22 heavy (non-hydrogen) atoms. The zero-order chi connectivity index (χ0) is 16.5. The van der Waals surface area contributed by atoms with Gasteiger partial charge in [0.1, 0.15) is 5.82 Å². The molecular formula is C15H14F3N3O. The van der Waals surface area contributed by atoms with Gasteiger partial charge in [0.2, 0.25) is 0 Å². The fraction of sp³-hybridized carbons (Fsp3) is 0.200. The van der Waals surface area contributed by atoms with Crippen LogP contribution < -0.4 is 10.6 Å². The van der Waals surface area contributed by atoms with E-state index in [0.29, 0.717) is 5.56 Å². The lowest BCUT2D eigenvalue weighted by molar-refractivity contribution is -0.137. The fourth-order valence-corrected chi connectivity index (χ4v) is 2.08. The zero-order valence-corrected chi connectivity index (χ0v) is 12.0. The van der Waals surface area contributed by atoms with E-state index in [0.717, 1.165) is 6.07 Å². The monoisotopic (exact) mass is 309 g/mol. The van der Waals surface area contributed by atoms with Crippen molar-refractivity contribution in [2.24, 2.45) is 5.73 Å². The van der Waals surface area contributed by atoms with Crippen LogP contribution in [0, 0.1) is 0 Å². The fourth-order valence-electron chi connectivity index (χ4n) is 2.08. The summed E-state index contributed by atoms with van der Waals surface area (Å²) in [5.41, 5.74) is 4.07. The Bertz CT molecular complexity index is 697. The number of carbonyl (C=O) groups is 1. The third kappa shape index (κ3) is 3.03. The van der Waals surface area contributed by atoms with Gasteiger partial charge in [-0.2, -0.15) is 13.2 Å². The molecule has 0 aliphatic rings. The van der Waals surface area contributed by atoms with E-state index in [4.69, 9.17) is 5.73 Å². The summed E-state index contributed by atoms with van der Waals surface area (Å²) < 4.78 is 39.9. The van der Waals surface area contributed by atoms with Crippen molar-refractivity contribution in [3.8, 4) is 11.3 Å². The summed E-state index contributed by atoms with van der Waals surface area (Å²) in [4.78, 5) is 17.0. The Morgan fingerprint density at radius 2 is 1.77 bits per heavy atom. The van der Waals surface area contributed by atoms with Crippen molar-refractivity contribution in [1.82, 2.24) is 4.98 Å². The van der Waals surface area contributed by atoms with Gasteiger partial charge in [0.05, 0.1) is 16.8 Å². The first-order valence-corrected chi connectivity index (χ1v) is 6.36. The smallest absolute Gasteiger partial charge is 0.365 e. The second-order valence-corrected chi connectivity index (χ2v) is 4.88. The average molecular weight is 309 g/mol. The summed E-state index contributed by atoms with van der Waals surface area (Å²) in [6.07, 6.45) is -4.71. The molecule has 1 aromatic carbocycles. The molecule has 1 heterocycles. The number of carbonyl (C=O) groups excluding carboxylic acids is 1. The topological polar surface area (TPSA) is 59.2 Å². The first kappa shape index (κ1) is 15.8. The molecule has 7 heteroatoms. The average Bonchev–Trinajstić information content (AvgIpc) is 2.45. The van der Waals surface area contributed by atoms with Crippen LogP contribution in [0.1, 0.15) is 15.9 Å². The van der Waals surface area contributed by atoms with E-state index >= 15 is 0 Å². The van der Waals surface area contributed by atoms with Gasteiger partial charge in [0.15, 0.2) is 0 Å². The minimum atomic E-state index is -4.71. The maximum absolute atomic E-state index is 13.3. The van der Waals surface area contributed by atoms with Gasteiger partial charge in [-0.15, -0.1) is 0 Å². The molecule has 116 valence electrons. The van der Waals surface area contributed by atoms with Crippen molar-refractivity contribution in [3.05, 3.63) is 47.5 Å². The Hall–Kier alpha value is -2.57. The van der Waals surface area contributed by atoms with E-state index in [2.05, 4.69) is 4.98 Å². The van der Waals surface area contributed by atoms with E-state index < -0.39 is 23.2 Å². The number of alkyl halides is 3. The standard InChI is InChI=1S/C15H14F3N3O/c1-21(2)14-12(13(19)22)10(15(16,17)18)8-11(20-14)9-6-4-3-5-7-9/h3-8H,1-2H3,(H2,19,22). The van der Waals surface area contributed by atoms with Gasteiger partial charge < -0.3 is 10.6 Å². The van der Waals surface area contributed by atoms with Crippen molar-refractivity contribution < 1.29 is 18.0 Å². The minimum absolute atomic E-state index is 0.110. The number of aromatic nitrogens is 1. The van der Waals surface area contributed by atoms with Crippen molar-refractivity contribution in [2.75, 3.05) is 19.0 Å². The quantitative estimate of drug-likeness (QED) is 0.948. The van der Waals surface area contributed by atoms with Gasteiger partial charge >= 0.3 is 6.18 Å². The number of rotatable bonds is 3. The SMILES string of the molecule is CN(C)c1nc(-c2ccccc2)cc(C(F)(F)F)c1C(N)=O. The lowest BCUT2D eigenvalue weighted by Crippen LogP contribution is -2.25. The number of nitrogens with two attached hydrogens (primary N) is 1. The van der Waals surface area contributed by atoms with Crippen LogP contribution in [0.3, 0.4) is 0 Å². The molecule has 0 aliphatic carbocycles. The van der Waals surface area contributed by atoms with Crippen LogP contribution in [0.2, 0.25) is 0 Å². The third-order valence-electron chi connectivity index (χ3n) is 3.05. The van der Waals surface area contributed by atoms with Crippen molar-refractivity contribution in [1.29, 1.82) is 0 Å². The number of amides is 1. The van der Waals surface area contributed by atoms with Crippen LogP contribution >= 0.6 is 0 Å². The maximum Gasteiger partial charge on any atom is 0.417 e. The van der Waals surface area contributed by atoms with E-state index in [1.807, 2.05) is 0 Å². The van der Waals surface area contributed by atoms with Gasteiger partial charge in [-0.05, 0) is 6.07 Å². The van der Waals surface area contributed by atoms with Gasteiger partial charge in [0.25, 0.3) is 5.91 Å². The summed E-state index contributed by atoms with van der Waals surface area (Å²) in [5, 5.41) is 0. The molecule has 0 atom stereocenters. The molecule has 0 unspecified atom stereocenters. The Morgan fingerprint density at radius 1 is 1.18 bits per heavy atom. The first-order valence-electron chi connectivity index (χ1n) is 6.36. The van der Waals surface area contributed by atoms with Crippen LogP contribution in [-0.4, -0.2) is 25.0 Å². The predicted octanol–water partition coefficient (Wildman–Crippen LogP) is 2.93. The normalized spacial score (nSPS) is 11.3. The highest BCUT2D eigenvalue weighted by atomic mass is 19.4. The van der Waals surface area contributed by atoms with E-state index in [9.17, 15) is 18.0 Å². The van der Waals surface area contributed by atoms with Crippen LogP contribution in [0.25, 0.3) is 11.3 Å². The number of halogens is 3. The molecule has 0 spiro atoms. The molecule has 4 nitrogen and oxygen atoms in total. The molecule has 0 bridgehead atoms. The van der Waals surface area contributed by atoms with E-state index in [1.165, 1.54) is 19.0 Å². The van der Waals surface area contributed by atoms with Gasteiger partial charge in [0, 0.05) is 19.7 Å². The molecule has 2 N–H and O–H groups in total. The second kappa shape index (κ2) is 5.67. The van der Waals surface area contributed by atoms with Crippen LogP contribution in [0.4, 0.5) is 19.0 Å². The second-order valence-electron chi connectivity index (χ2n) is 4.88. The van der Waals surface area contributed by atoms with E-state index in [-0.39, 0.29) is 11.5 Å². The largest absolute Gasteiger partial charge is 0.417 e. The van der Waals surface area contributed by atoms with Gasteiger partial charge in [-0.1, -0.05) is 30.3 Å². The molecule has 0 fully saturated rings. The molecule has 0 saturated heterocycles. The highest BCUT2D eigenvalue weighted by Gasteiger charge is 2.37. The highest BCUT2D eigenvalue weighted by molar-refractivity contribution is 6.00. The van der Waals surface area contributed by atoms with E-state index in [1.54, 1.807) is 30.3 Å². The molecular weight excluding hydrogens is 295 g/mol. The van der Waals surface area contributed by atoms with Crippen LogP contribution in [0.15, 0.2) is 36.4 Å². The number of pyridine rings is 1. The van der Waals surface area contributed by atoms with Crippen molar-refractivity contribution >= 4 is 11.7 Å². The molecule has 2 rings (SSSR count). The highest BCUT2D eigenvalue weighted by Crippen LogP contribution is 2.37. The van der Waals surface area contributed by atoms with Gasteiger partial charge in [-0.3, -0.25) is 4.79 Å². The van der Waals surface area contributed by atoms with Crippen molar-refractivity contribution in [3.63, 3.8) is 0 Å². The number of benzene rings is 1. The lowest BCUT2D eigenvalue weighted by Gasteiger charge is -2.20. The lowest BCUT2D eigenvalue weighted by atomic mass is 10.0. The summed E-state index contributed by atoms with van der Waals surface area (Å²) in [7, 11) is 3.01. The van der Waals surface area contributed by atoms with Crippen LogP contribution in [-0.2, 0) is 6.18 Å². The number of primary amides is 1. The summed E-state index contributed by atoms with van der Waals surface area (Å²) in [6.45, 7) is 0. The first-order chi connectivity index (χ1) is 10.2. The maximum atomic E-state index is 13.3. The summed E-state index contributed by atoms with van der Waals surface area (Å²) in [6, 6.07) is 9.28. The van der Waals surface area contributed by atoms with Crippen LogP contribution in [0.5, 0.6) is 0 Å². The molecule has 1 amide bonds. The summed E-state index contributed by atoms with van der Waals surface area (Å²) in [5.74, 6) is -1.27. The zero-order valence-electron chi connectivity index (χ0n) is 12.0. The molecule has 1 aromatic heterocycles. The minimum Gasteiger partial charge on any atom is -0.365 e. The Labute approximate surface area is 125 Å². The molecule has 0 aliphatic heterocycles. The Morgan fingerprint density at radius 3 is 2.23 bits per heavy atom. The van der Waals surface area contributed by atoms with Gasteiger partial charge in [-0.25, -0.2) is 4.98 Å². The predicted molar refractivity (Wildman–Crippen MR) is 77.5 cm³/mol. The number of hydrogen-bond acceptors (Lipinski definition) is 3. The molecule has 0 saturated carbocycles.